The van der Waals surface area contributed by atoms with Crippen molar-refractivity contribution >= 4 is 34.8 Å². The largest absolute Gasteiger partial charge is 0.325 e. The van der Waals surface area contributed by atoms with E-state index in [1.165, 1.54) is 13.8 Å². The van der Waals surface area contributed by atoms with Crippen LogP contribution in [0.5, 0.6) is 0 Å². The first-order valence-electron chi connectivity index (χ1n) is 9.74. The van der Waals surface area contributed by atoms with E-state index in [0.29, 0.717) is 28.1 Å². The average molecular weight is 414 g/mol. The summed E-state index contributed by atoms with van der Waals surface area (Å²) in [5, 5.41) is 5.48. The molecule has 0 aliphatic rings. The fraction of sp³-hybridized carbons (Fsp3) is 0.120. The van der Waals surface area contributed by atoms with Gasteiger partial charge in [-0.25, -0.2) is 0 Å². The second-order valence-electron chi connectivity index (χ2n) is 7.09. The van der Waals surface area contributed by atoms with Gasteiger partial charge in [0.15, 0.2) is 11.6 Å². The van der Waals surface area contributed by atoms with Gasteiger partial charge < -0.3 is 10.6 Å². The topological polar surface area (TPSA) is 92.3 Å². The van der Waals surface area contributed by atoms with Gasteiger partial charge in [-0.2, -0.15) is 0 Å². The summed E-state index contributed by atoms with van der Waals surface area (Å²) in [7, 11) is 0. The minimum atomic E-state index is -1.10. The van der Waals surface area contributed by atoms with Gasteiger partial charge in [0.2, 0.25) is 11.8 Å². The normalized spacial score (nSPS) is 10.4. The fourth-order valence-electron chi connectivity index (χ4n) is 3.07. The van der Waals surface area contributed by atoms with Crippen molar-refractivity contribution in [2.75, 3.05) is 10.6 Å². The van der Waals surface area contributed by atoms with Gasteiger partial charge in [0.05, 0.1) is 0 Å². The number of rotatable bonds is 7. The minimum absolute atomic E-state index is 0.0739. The third-order valence-corrected chi connectivity index (χ3v) is 4.78. The van der Waals surface area contributed by atoms with Crippen LogP contribution in [0.4, 0.5) is 11.4 Å². The van der Waals surface area contributed by atoms with Crippen LogP contribution in [-0.4, -0.2) is 23.4 Å². The summed E-state index contributed by atoms with van der Waals surface area (Å²) in [5.41, 5.74) is 2.57. The van der Waals surface area contributed by atoms with Crippen LogP contribution in [0.1, 0.15) is 46.0 Å². The van der Waals surface area contributed by atoms with Gasteiger partial charge in [-0.3, -0.25) is 19.2 Å². The van der Waals surface area contributed by atoms with E-state index < -0.39 is 17.7 Å². The summed E-state index contributed by atoms with van der Waals surface area (Å²) >= 11 is 0. The number of anilines is 2. The number of carbonyl (C=O) groups excluding carboxylic acids is 4. The van der Waals surface area contributed by atoms with Crippen LogP contribution in [0.15, 0.2) is 78.9 Å². The number of hydrogen-bond acceptors (Lipinski definition) is 4. The molecule has 6 heteroatoms. The standard InChI is InChI=1S/C25H22N2O4/c1-16(28)18-8-12-21(13-9-18)26-24(30)23(20-6-4-3-5-7-20)25(31)27-22-14-10-19(11-15-22)17(2)29/h3-15,23H,1-2H3,(H,26,30)(H,27,31). The van der Waals surface area contributed by atoms with Gasteiger partial charge >= 0.3 is 0 Å². The SMILES string of the molecule is CC(=O)c1ccc(NC(=O)C(C(=O)Nc2ccc(C(C)=O)cc2)c2ccccc2)cc1. The van der Waals surface area contributed by atoms with Crippen LogP contribution in [-0.2, 0) is 9.59 Å². The minimum Gasteiger partial charge on any atom is -0.325 e. The highest BCUT2D eigenvalue weighted by molar-refractivity contribution is 6.15. The molecule has 3 rings (SSSR count). The van der Waals surface area contributed by atoms with Crippen molar-refractivity contribution in [2.24, 2.45) is 0 Å². The van der Waals surface area contributed by atoms with Crippen molar-refractivity contribution in [1.29, 1.82) is 0 Å². The average Bonchev–Trinajstić information content (AvgIpc) is 2.75. The van der Waals surface area contributed by atoms with Gasteiger partial charge in [0.1, 0.15) is 5.92 Å². The van der Waals surface area contributed by atoms with Crippen LogP contribution < -0.4 is 10.6 Å². The summed E-state index contributed by atoms with van der Waals surface area (Å²) in [4.78, 5) is 48.9. The van der Waals surface area contributed by atoms with Crippen molar-refractivity contribution in [3.63, 3.8) is 0 Å². The van der Waals surface area contributed by atoms with Gasteiger partial charge in [-0.1, -0.05) is 30.3 Å². The molecule has 0 saturated carbocycles. The van der Waals surface area contributed by atoms with Gasteiger partial charge in [-0.05, 0) is 67.9 Å². The first-order chi connectivity index (χ1) is 14.8. The number of nitrogens with one attached hydrogen (secondary N) is 2. The molecule has 0 aromatic heterocycles. The summed E-state index contributed by atoms with van der Waals surface area (Å²) in [6.45, 7) is 2.93. The first-order valence-corrected chi connectivity index (χ1v) is 9.74. The van der Waals surface area contributed by atoms with Gasteiger partial charge in [0, 0.05) is 22.5 Å². The Morgan fingerprint density at radius 3 is 1.32 bits per heavy atom. The quantitative estimate of drug-likeness (QED) is 0.441. The zero-order valence-electron chi connectivity index (χ0n) is 17.2. The molecular weight excluding hydrogens is 392 g/mol. The Morgan fingerprint density at radius 2 is 0.968 bits per heavy atom. The Kier molecular flexibility index (Phi) is 6.72. The molecule has 3 aromatic rings. The van der Waals surface area contributed by atoms with Crippen molar-refractivity contribution in [3.05, 3.63) is 95.6 Å². The lowest BCUT2D eigenvalue weighted by Gasteiger charge is -2.17. The lowest BCUT2D eigenvalue weighted by molar-refractivity contribution is -0.126. The first kappa shape index (κ1) is 21.6. The molecule has 0 bridgehead atoms. The molecule has 6 nitrogen and oxygen atoms in total. The predicted molar refractivity (Wildman–Crippen MR) is 119 cm³/mol. The number of benzene rings is 3. The Morgan fingerprint density at radius 1 is 0.581 bits per heavy atom. The Balaban J connectivity index is 1.82. The molecule has 0 radical (unpaired) electrons. The Bertz CT molecular complexity index is 1030. The lowest BCUT2D eigenvalue weighted by atomic mass is 9.96. The number of ketones is 2. The highest BCUT2D eigenvalue weighted by Gasteiger charge is 2.28. The van der Waals surface area contributed by atoms with Crippen LogP contribution in [0, 0.1) is 0 Å². The monoisotopic (exact) mass is 414 g/mol. The molecule has 31 heavy (non-hydrogen) atoms. The highest BCUT2D eigenvalue weighted by Crippen LogP contribution is 2.22. The number of carbonyl (C=O) groups is 4. The summed E-state index contributed by atoms with van der Waals surface area (Å²) in [6.07, 6.45) is 0. The molecule has 0 unspecified atom stereocenters. The molecule has 0 spiro atoms. The summed E-state index contributed by atoms with van der Waals surface area (Å²) in [6, 6.07) is 21.7. The third-order valence-electron chi connectivity index (χ3n) is 4.78. The maximum atomic E-state index is 13.0. The van der Waals surface area contributed by atoms with E-state index in [9.17, 15) is 19.2 Å². The van der Waals surface area contributed by atoms with Crippen molar-refractivity contribution in [3.8, 4) is 0 Å². The zero-order chi connectivity index (χ0) is 22.4. The molecule has 156 valence electrons. The van der Waals surface area contributed by atoms with E-state index in [1.54, 1.807) is 78.9 Å². The Labute approximate surface area is 180 Å². The molecule has 0 heterocycles. The second-order valence-corrected chi connectivity index (χ2v) is 7.09. The highest BCUT2D eigenvalue weighted by atomic mass is 16.2. The van der Waals surface area contributed by atoms with Crippen molar-refractivity contribution in [2.45, 2.75) is 19.8 Å². The van der Waals surface area contributed by atoms with Crippen molar-refractivity contribution < 1.29 is 19.2 Å². The van der Waals surface area contributed by atoms with Crippen LogP contribution in [0.25, 0.3) is 0 Å². The van der Waals surface area contributed by atoms with E-state index in [1.807, 2.05) is 0 Å². The molecule has 0 aliphatic heterocycles. The molecule has 3 aromatic carbocycles. The van der Waals surface area contributed by atoms with E-state index in [4.69, 9.17) is 0 Å². The summed E-state index contributed by atoms with van der Waals surface area (Å²) < 4.78 is 0. The lowest BCUT2D eigenvalue weighted by Crippen LogP contribution is -2.32. The van der Waals surface area contributed by atoms with Crippen LogP contribution in [0.3, 0.4) is 0 Å². The molecule has 0 fully saturated rings. The third kappa shape index (κ3) is 5.51. The number of Topliss-reactive ketones (excluding diaryl/α,β-unsaturated/α-hetero) is 2. The smallest absolute Gasteiger partial charge is 0.241 e. The second kappa shape index (κ2) is 9.63. The molecule has 0 saturated heterocycles. The molecule has 0 atom stereocenters. The fourth-order valence-corrected chi connectivity index (χ4v) is 3.07. The van der Waals surface area contributed by atoms with Crippen molar-refractivity contribution in [1.82, 2.24) is 0 Å². The maximum absolute atomic E-state index is 13.0. The van der Waals surface area contributed by atoms with Crippen LogP contribution >= 0.6 is 0 Å². The van der Waals surface area contributed by atoms with Gasteiger partial charge in [-0.15, -0.1) is 0 Å². The van der Waals surface area contributed by atoms with E-state index >= 15 is 0 Å². The summed E-state index contributed by atoms with van der Waals surface area (Å²) in [5.74, 6) is -2.24. The Hall–Kier alpha value is -4.06. The number of amides is 2. The van der Waals surface area contributed by atoms with Crippen LogP contribution in [0.2, 0.25) is 0 Å². The molecule has 2 N–H and O–H groups in total. The maximum Gasteiger partial charge on any atom is 0.241 e. The van der Waals surface area contributed by atoms with Gasteiger partial charge in [0.25, 0.3) is 0 Å². The predicted octanol–water partition coefficient (Wildman–Crippen LogP) is 4.45. The molecular formula is C25H22N2O4. The van der Waals surface area contributed by atoms with E-state index in [-0.39, 0.29) is 11.6 Å². The molecule has 0 aliphatic carbocycles. The van der Waals surface area contributed by atoms with E-state index in [0.717, 1.165) is 0 Å². The molecule has 2 amide bonds. The number of hydrogen-bond donors (Lipinski definition) is 2. The zero-order valence-corrected chi connectivity index (χ0v) is 17.2. The van der Waals surface area contributed by atoms with E-state index in [2.05, 4.69) is 10.6 Å².